The molecule has 1 aliphatic rings. The summed E-state index contributed by atoms with van der Waals surface area (Å²) in [5, 5.41) is 12.1. The fraction of sp³-hybridized carbons (Fsp3) is 0.867. The van der Waals surface area contributed by atoms with Crippen molar-refractivity contribution in [1.82, 2.24) is 5.32 Å². The first kappa shape index (κ1) is 16.0. The maximum absolute atomic E-state index is 12.4. The van der Waals surface area contributed by atoms with Crippen LogP contribution in [0.15, 0.2) is 0 Å². The molecule has 2 N–H and O–H groups in total. The molecule has 0 heterocycles. The normalized spacial score (nSPS) is 19.4. The van der Waals surface area contributed by atoms with E-state index in [-0.39, 0.29) is 18.2 Å². The van der Waals surface area contributed by atoms with Gasteiger partial charge in [-0.1, -0.05) is 40.0 Å². The lowest BCUT2D eigenvalue weighted by atomic mass is 9.87. The van der Waals surface area contributed by atoms with Crippen molar-refractivity contribution in [1.29, 1.82) is 0 Å². The predicted molar refractivity (Wildman–Crippen MR) is 74.8 cm³/mol. The van der Waals surface area contributed by atoms with Gasteiger partial charge < -0.3 is 10.4 Å². The highest BCUT2D eigenvalue weighted by Gasteiger charge is 2.38. The van der Waals surface area contributed by atoms with Crippen molar-refractivity contribution in [3.63, 3.8) is 0 Å². The Morgan fingerprint density at radius 1 is 1.26 bits per heavy atom. The lowest BCUT2D eigenvalue weighted by Gasteiger charge is -2.32. The molecule has 0 spiro atoms. The Kier molecular flexibility index (Phi) is 5.83. The van der Waals surface area contributed by atoms with E-state index >= 15 is 0 Å². The average molecular weight is 269 g/mol. The lowest BCUT2D eigenvalue weighted by Crippen LogP contribution is -2.50. The summed E-state index contributed by atoms with van der Waals surface area (Å²) in [5.41, 5.74) is -0.496. The van der Waals surface area contributed by atoms with Gasteiger partial charge in [0.25, 0.3) is 0 Å². The summed E-state index contributed by atoms with van der Waals surface area (Å²) >= 11 is 0. The van der Waals surface area contributed by atoms with Crippen molar-refractivity contribution in [3.8, 4) is 0 Å². The van der Waals surface area contributed by atoms with E-state index in [0.29, 0.717) is 5.92 Å². The second kappa shape index (κ2) is 6.92. The van der Waals surface area contributed by atoms with E-state index in [2.05, 4.69) is 26.1 Å². The molecule has 1 unspecified atom stereocenters. The van der Waals surface area contributed by atoms with Crippen molar-refractivity contribution < 1.29 is 14.7 Å². The quantitative estimate of drug-likeness (QED) is 0.746. The van der Waals surface area contributed by atoms with Crippen LogP contribution in [0.3, 0.4) is 0 Å². The summed E-state index contributed by atoms with van der Waals surface area (Å²) < 4.78 is 0. The smallest absolute Gasteiger partial charge is 0.305 e. The van der Waals surface area contributed by atoms with E-state index in [1.165, 1.54) is 0 Å². The van der Waals surface area contributed by atoms with E-state index in [1.807, 2.05) is 0 Å². The van der Waals surface area contributed by atoms with Gasteiger partial charge in [0.15, 0.2) is 0 Å². The third-order valence-electron chi connectivity index (χ3n) is 4.18. The molecule has 1 fully saturated rings. The van der Waals surface area contributed by atoms with Gasteiger partial charge in [0.2, 0.25) is 5.91 Å². The van der Waals surface area contributed by atoms with Crippen molar-refractivity contribution >= 4 is 11.9 Å². The lowest BCUT2D eigenvalue weighted by molar-refractivity contribution is -0.139. The molecule has 1 atom stereocenters. The highest BCUT2D eigenvalue weighted by atomic mass is 16.4. The van der Waals surface area contributed by atoms with Crippen molar-refractivity contribution in [2.75, 3.05) is 0 Å². The number of carboxylic acid groups (broad SMARTS) is 1. The summed E-state index contributed by atoms with van der Waals surface area (Å²) in [4.78, 5) is 23.4. The molecule has 1 aliphatic carbocycles. The van der Waals surface area contributed by atoms with Crippen LogP contribution < -0.4 is 5.32 Å². The first-order chi connectivity index (χ1) is 8.90. The number of aliphatic carboxylic acids is 1. The molecule has 0 aromatic carbocycles. The van der Waals surface area contributed by atoms with Gasteiger partial charge in [0.1, 0.15) is 0 Å². The Morgan fingerprint density at radius 2 is 1.84 bits per heavy atom. The fourth-order valence-electron chi connectivity index (χ4n) is 3.12. The van der Waals surface area contributed by atoms with E-state index in [4.69, 9.17) is 5.11 Å². The van der Waals surface area contributed by atoms with Gasteiger partial charge in [0.05, 0.1) is 12.0 Å². The molecule has 110 valence electrons. The SMILES string of the molecule is CCCC(C(=O)NC1(CC(=O)O)CCCC1)C(C)C. The maximum Gasteiger partial charge on any atom is 0.305 e. The molecule has 4 heteroatoms. The summed E-state index contributed by atoms with van der Waals surface area (Å²) in [6.45, 7) is 6.18. The van der Waals surface area contributed by atoms with Gasteiger partial charge in [-0.3, -0.25) is 9.59 Å². The van der Waals surface area contributed by atoms with Crippen molar-refractivity contribution in [3.05, 3.63) is 0 Å². The number of carboxylic acids is 1. The van der Waals surface area contributed by atoms with Crippen LogP contribution >= 0.6 is 0 Å². The Hall–Kier alpha value is -1.06. The molecule has 1 rings (SSSR count). The minimum Gasteiger partial charge on any atom is -0.481 e. The number of rotatable bonds is 7. The van der Waals surface area contributed by atoms with E-state index < -0.39 is 11.5 Å². The zero-order valence-electron chi connectivity index (χ0n) is 12.4. The molecule has 19 heavy (non-hydrogen) atoms. The van der Waals surface area contributed by atoms with Crippen molar-refractivity contribution in [2.24, 2.45) is 11.8 Å². The second-order valence-electron chi connectivity index (χ2n) is 6.19. The third-order valence-corrected chi connectivity index (χ3v) is 4.18. The first-order valence-electron chi connectivity index (χ1n) is 7.44. The minimum atomic E-state index is -0.821. The molecule has 0 radical (unpaired) electrons. The Morgan fingerprint density at radius 3 is 2.26 bits per heavy atom. The zero-order valence-corrected chi connectivity index (χ0v) is 12.4. The second-order valence-corrected chi connectivity index (χ2v) is 6.19. The van der Waals surface area contributed by atoms with E-state index in [9.17, 15) is 9.59 Å². The third kappa shape index (κ3) is 4.51. The molecule has 1 saturated carbocycles. The number of carbonyl (C=O) groups excluding carboxylic acids is 1. The van der Waals surface area contributed by atoms with E-state index in [1.54, 1.807) is 0 Å². The summed E-state index contributed by atoms with van der Waals surface area (Å²) in [6, 6.07) is 0. The predicted octanol–water partition coefficient (Wildman–Crippen LogP) is 2.96. The van der Waals surface area contributed by atoms with Gasteiger partial charge in [-0.15, -0.1) is 0 Å². The largest absolute Gasteiger partial charge is 0.481 e. The summed E-state index contributed by atoms with van der Waals surface area (Å²) in [5.74, 6) is -0.488. The Balaban J connectivity index is 2.72. The Bertz CT molecular complexity index is 319. The molecular weight excluding hydrogens is 242 g/mol. The van der Waals surface area contributed by atoms with Gasteiger partial charge in [-0.05, 0) is 25.2 Å². The first-order valence-corrected chi connectivity index (χ1v) is 7.44. The van der Waals surface area contributed by atoms with Gasteiger partial charge in [0, 0.05) is 5.92 Å². The monoisotopic (exact) mass is 269 g/mol. The molecule has 0 saturated heterocycles. The molecule has 0 aliphatic heterocycles. The van der Waals surface area contributed by atoms with Crippen LogP contribution in [0.5, 0.6) is 0 Å². The average Bonchev–Trinajstić information content (AvgIpc) is 2.72. The molecule has 0 aromatic rings. The number of carbonyl (C=O) groups is 2. The number of hydrogen-bond acceptors (Lipinski definition) is 2. The molecular formula is C15H27NO3. The summed E-state index contributed by atoms with van der Waals surface area (Å²) in [6.07, 6.45) is 5.50. The van der Waals surface area contributed by atoms with Gasteiger partial charge >= 0.3 is 5.97 Å². The minimum absolute atomic E-state index is 0.00345. The maximum atomic E-state index is 12.4. The van der Waals surface area contributed by atoms with Crippen LogP contribution in [0.2, 0.25) is 0 Å². The van der Waals surface area contributed by atoms with E-state index in [0.717, 1.165) is 38.5 Å². The van der Waals surface area contributed by atoms with Gasteiger partial charge in [-0.25, -0.2) is 0 Å². The highest BCUT2D eigenvalue weighted by Crippen LogP contribution is 2.33. The number of hydrogen-bond donors (Lipinski definition) is 2. The topological polar surface area (TPSA) is 66.4 Å². The molecule has 0 bridgehead atoms. The highest BCUT2D eigenvalue weighted by molar-refractivity contribution is 5.80. The molecule has 4 nitrogen and oxygen atoms in total. The van der Waals surface area contributed by atoms with Gasteiger partial charge in [-0.2, -0.15) is 0 Å². The Labute approximate surface area is 116 Å². The molecule has 1 amide bonds. The van der Waals surface area contributed by atoms with Crippen LogP contribution in [-0.4, -0.2) is 22.5 Å². The van der Waals surface area contributed by atoms with Crippen LogP contribution in [0, 0.1) is 11.8 Å². The van der Waals surface area contributed by atoms with Crippen LogP contribution in [-0.2, 0) is 9.59 Å². The fourth-order valence-corrected chi connectivity index (χ4v) is 3.12. The summed E-state index contributed by atoms with van der Waals surface area (Å²) in [7, 11) is 0. The zero-order chi connectivity index (χ0) is 14.5. The standard InChI is InChI=1S/C15H27NO3/c1-4-7-12(11(2)3)14(19)16-15(10-13(17)18)8-5-6-9-15/h11-12H,4-10H2,1-3H3,(H,16,19)(H,17,18). The molecule has 0 aromatic heterocycles. The van der Waals surface area contributed by atoms with Crippen molar-refractivity contribution in [2.45, 2.75) is 71.3 Å². The van der Waals surface area contributed by atoms with Crippen LogP contribution in [0.1, 0.15) is 65.7 Å². The number of amides is 1. The van der Waals surface area contributed by atoms with Crippen LogP contribution in [0.25, 0.3) is 0 Å². The number of nitrogens with one attached hydrogen (secondary N) is 1. The van der Waals surface area contributed by atoms with Crippen LogP contribution in [0.4, 0.5) is 0 Å².